The molecule has 0 bridgehead atoms. The molecule has 0 atom stereocenters. The Labute approximate surface area is 404 Å². The number of hydrogen-bond donors (Lipinski definition) is 0. The Morgan fingerprint density at radius 1 is 0.338 bits per heavy atom. The van der Waals surface area contributed by atoms with Crippen LogP contribution in [0, 0.1) is 0 Å². The van der Waals surface area contributed by atoms with E-state index in [-0.39, 0.29) is 0 Å². The lowest BCUT2D eigenvalue weighted by Gasteiger charge is -2.15. The lowest BCUT2D eigenvalue weighted by molar-refractivity contribution is -0.345. The minimum absolute atomic E-state index is 0.982. The molecule has 0 unspecified atom stereocenters. The van der Waals surface area contributed by atoms with Crippen LogP contribution in [0.4, 0.5) is 0 Å². The van der Waals surface area contributed by atoms with Gasteiger partial charge in [0.05, 0.1) is 5.57 Å². The number of nitrogens with zero attached hydrogens (tertiary/aromatic N) is 2. The first kappa shape index (κ1) is 56.6. The standard InChI is InChI=1S/C63H104N2/c1-7-13-19-20-21-22-23-24-25-26-27-28-29-30-31-32-33-34-35-36-41-47-61-60(46-18-12-6)62(58-50-54(42-37-14-8-2)48-55(51-58)43-38-15-9-3)65(64)63(61)59-52-56(44-39-16-10-4)49-57(53-59)45-40-17-11-5/h41,47-53H,7-40,42-46H2,1-6H3. The maximum Gasteiger partial charge on any atom is 0.215 e. The Bertz CT molecular complexity index is 1580. The third-order valence-electron chi connectivity index (χ3n) is 14.3. The third-order valence-corrected chi connectivity index (χ3v) is 14.3. The SMILES string of the molecule is CCCCCCCCCCCCCCCCCCCCCC=CC1=C(c2cc(CCCCC)cc(CCCCC)c2)[N+](=[N-])C(c2cc(CCCCC)cc(CCCCC)c2)=C1CCCC. The molecule has 65 heavy (non-hydrogen) atoms. The van der Waals surface area contributed by atoms with Gasteiger partial charge in [0.25, 0.3) is 0 Å². The average Bonchev–Trinajstić information content (AvgIpc) is 3.59. The molecule has 1 aliphatic rings. The fourth-order valence-electron chi connectivity index (χ4n) is 10.2. The van der Waals surface area contributed by atoms with E-state index in [9.17, 15) is 5.53 Å². The van der Waals surface area contributed by atoms with E-state index in [1.54, 1.807) is 4.70 Å². The smallest absolute Gasteiger partial charge is 0.215 e. The lowest BCUT2D eigenvalue weighted by atomic mass is 9.91. The van der Waals surface area contributed by atoms with Crippen molar-refractivity contribution in [2.45, 2.75) is 292 Å². The van der Waals surface area contributed by atoms with Crippen molar-refractivity contribution in [3.05, 3.63) is 98.6 Å². The molecule has 3 rings (SSSR count). The zero-order valence-corrected chi connectivity index (χ0v) is 44.1. The van der Waals surface area contributed by atoms with Crippen molar-refractivity contribution in [1.29, 1.82) is 0 Å². The molecular weight excluding hydrogens is 785 g/mol. The largest absolute Gasteiger partial charge is 0.493 e. The summed E-state index contributed by atoms with van der Waals surface area (Å²) in [6.07, 6.45) is 55.4. The second kappa shape index (κ2) is 37.3. The molecule has 2 nitrogen and oxygen atoms in total. The molecule has 0 radical (unpaired) electrons. The van der Waals surface area contributed by atoms with Crippen LogP contribution in [0.3, 0.4) is 0 Å². The van der Waals surface area contributed by atoms with Crippen molar-refractivity contribution in [3.8, 4) is 0 Å². The maximum absolute atomic E-state index is 12.8. The van der Waals surface area contributed by atoms with Gasteiger partial charge in [0.2, 0.25) is 11.4 Å². The Morgan fingerprint density at radius 3 is 1.00 bits per heavy atom. The van der Waals surface area contributed by atoms with Crippen LogP contribution in [0.15, 0.2) is 59.7 Å². The number of aryl methyl sites for hydroxylation is 4. The van der Waals surface area contributed by atoms with Crippen molar-refractivity contribution < 1.29 is 4.70 Å². The summed E-state index contributed by atoms with van der Waals surface area (Å²) in [5.41, 5.74) is 25.5. The third kappa shape index (κ3) is 23.2. The molecule has 0 saturated carbocycles. The van der Waals surface area contributed by atoms with Crippen LogP contribution in [0.25, 0.3) is 16.9 Å². The first-order valence-electron chi connectivity index (χ1n) is 28.9. The molecule has 0 spiro atoms. The highest BCUT2D eigenvalue weighted by atomic mass is 15.2. The fourth-order valence-corrected chi connectivity index (χ4v) is 10.2. The van der Waals surface area contributed by atoms with E-state index in [2.05, 4.69) is 90.1 Å². The van der Waals surface area contributed by atoms with Crippen LogP contribution in [-0.2, 0) is 25.7 Å². The highest BCUT2D eigenvalue weighted by Crippen LogP contribution is 2.44. The predicted octanol–water partition coefficient (Wildman–Crippen LogP) is 21.4. The van der Waals surface area contributed by atoms with Gasteiger partial charge in [-0.25, -0.2) is 4.70 Å². The van der Waals surface area contributed by atoms with Crippen LogP contribution in [0.5, 0.6) is 0 Å². The second-order valence-electron chi connectivity index (χ2n) is 20.5. The molecule has 0 N–H and O–H groups in total. The van der Waals surface area contributed by atoms with E-state index in [4.69, 9.17) is 0 Å². The normalized spacial score (nSPS) is 13.2. The van der Waals surface area contributed by atoms with E-state index in [0.717, 1.165) is 62.8 Å². The molecule has 0 amide bonds. The Morgan fingerprint density at radius 2 is 0.646 bits per heavy atom. The molecule has 1 heterocycles. The van der Waals surface area contributed by atoms with Crippen molar-refractivity contribution in [2.24, 2.45) is 0 Å². The van der Waals surface area contributed by atoms with Crippen LogP contribution >= 0.6 is 0 Å². The molecule has 0 fully saturated rings. The Balaban J connectivity index is 1.77. The number of unbranched alkanes of at least 4 members (excludes halogenated alkanes) is 28. The fraction of sp³-hybridized carbons (Fsp3) is 0.714. The molecule has 1 aliphatic heterocycles. The van der Waals surface area contributed by atoms with E-state index < -0.39 is 0 Å². The van der Waals surface area contributed by atoms with Gasteiger partial charge in [-0.3, -0.25) is 0 Å². The van der Waals surface area contributed by atoms with E-state index in [0.29, 0.717) is 0 Å². The summed E-state index contributed by atoms with van der Waals surface area (Å²) in [5, 5.41) is 0. The summed E-state index contributed by atoms with van der Waals surface area (Å²) in [5.74, 6) is 0. The predicted molar refractivity (Wildman–Crippen MR) is 290 cm³/mol. The van der Waals surface area contributed by atoms with Gasteiger partial charge in [0.15, 0.2) is 0 Å². The average molecular weight is 890 g/mol. The first-order chi connectivity index (χ1) is 32.0. The summed E-state index contributed by atoms with van der Waals surface area (Å²) in [4.78, 5) is 0. The van der Waals surface area contributed by atoms with E-state index in [1.165, 1.54) is 244 Å². The number of hydrogen-bond acceptors (Lipinski definition) is 0. The maximum atomic E-state index is 12.8. The van der Waals surface area contributed by atoms with Crippen molar-refractivity contribution >= 4 is 11.4 Å². The minimum Gasteiger partial charge on any atom is -0.493 e. The molecule has 0 aliphatic carbocycles. The highest BCUT2D eigenvalue weighted by Gasteiger charge is 2.35. The summed E-state index contributed by atoms with van der Waals surface area (Å²) in [7, 11) is 0. The summed E-state index contributed by atoms with van der Waals surface area (Å²) in [6.45, 7) is 13.8. The van der Waals surface area contributed by atoms with Crippen LogP contribution in [0.2, 0.25) is 0 Å². The summed E-state index contributed by atoms with van der Waals surface area (Å²) < 4.78 is 1.66. The lowest BCUT2D eigenvalue weighted by Crippen LogP contribution is -2.05. The summed E-state index contributed by atoms with van der Waals surface area (Å²) >= 11 is 0. The first-order valence-corrected chi connectivity index (χ1v) is 28.9. The zero-order valence-electron chi connectivity index (χ0n) is 44.1. The quantitative estimate of drug-likeness (QED) is 0.0469. The van der Waals surface area contributed by atoms with Gasteiger partial charge in [0.1, 0.15) is 0 Å². The van der Waals surface area contributed by atoms with Gasteiger partial charge in [-0.05, 0) is 124 Å². The van der Waals surface area contributed by atoms with Crippen LogP contribution in [0.1, 0.15) is 300 Å². The molecule has 366 valence electrons. The van der Waals surface area contributed by atoms with E-state index >= 15 is 0 Å². The number of benzene rings is 2. The molecule has 2 heteroatoms. The molecule has 2 aromatic carbocycles. The summed E-state index contributed by atoms with van der Waals surface area (Å²) in [6, 6.07) is 14.7. The van der Waals surface area contributed by atoms with Gasteiger partial charge in [-0.2, -0.15) is 0 Å². The van der Waals surface area contributed by atoms with Crippen LogP contribution in [-0.4, -0.2) is 4.70 Å². The minimum atomic E-state index is 0.982. The number of rotatable bonds is 42. The van der Waals surface area contributed by atoms with Crippen molar-refractivity contribution in [2.75, 3.05) is 0 Å². The second-order valence-corrected chi connectivity index (χ2v) is 20.5. The van der Waals surface area contributed by atoms with Gasteiger partial charge in [0, 0.05) is 16.7 Å². The zero-order chi connectivity index (χ0) is 46.6. The molecule has 0 aromatic heterocycles. The van der Waals surface area contributed by atoms with E-state index in [1.807, 2.05) is 0 Å². The van der Waals surface area contributed by atoms with Gasteiger partial charge >= 0.3 is 0 Å². The highest BCUT2D eigenvalue weighted by molar-refractivity contribution is 5.84. The molecule has 2 aromatic rings. The molecular formula is C63H104N2. The monoisotopic (exact) mass is 889 g/mol. The van der Waals surface area contributed by atoms with Crippen molar-refractivity contribution in [1.82, 2.24) is 0 Å². The number of allylic oxidation sites excluding steroid dienone is 4. The topological polar surface area (TPSA) is 25.3 Å². The Kier molecular flexibility index (Phi) is 32.4. The Hall–Kier alpha value is -2.74. The van der Waals surface area contributed by atoms with Gasteiger partial charge in [-0.1, -0.05) is 239 Å². The molecule has 0 saturated heterocycles. The van der Waals surface area contributed by atoms with Crippen LogP contribution < -0.4 is 0 Å². The van der Waals surface area contributed by atoms with Gasteiger partial charge in [-0.15, -0.1) is 0 Å². The van der Waals surface area contributed by atoms with Crippen molar-refractivity contribution in [3.63, 3.8) is 0 Å². The van der Waals surface area contributed by atoms with Gasteiger partial charge < -0.3 is 5.53 Å².